The van der Waals surface area contributed by atoms with Crippen LogP contribution >= 0.6 is 0 Å². The Kier molecular flexibility index (Phi) is 6.23. The molecule has 0 aliphatic rings. The van der Waals surface area contributed by atoms with Gasteiger partial charge >= 0.3 is 12.1 Å². The molecule has 170 valence electrons. The summed E-state index contributed by atoms with van der Waals surface area (Å²) in [5.41, 5.74) is -0.571. The number of nitrogens with zero attached hydrogens (tertiary/aromatic N) is 3. The fraction of sp³-hybridized carbons (Fsp3) is 0.300. The number of alkyl halides is 3. The number of rotatable bonds is 6. The van der Waals surface area contributed by atoms with Crippen LogP contribution in [0.2, 0.25) is 0 Å². The molecule has 0 atom stereocenters. The number of aromatic nitrogens is 3. The van der Waals surface area contributed by atoms with E-state index < -0.39 is 35.8 Å². The lowest BCUT2D eigenvalue weighted by atomic mass is 10.1. The average Bonchev–Trinajstić information content (AvgIpc) is 2.74. The van der Waals surface area contributed by atoms with Crippen molar-refractivity contribution in [1.82, 2.24) is 14.1 Å². The van der Waals surface area contributed by atoms with Crippen LogP contribution in [0.4, 0.5) is 18.9 Å². The monoisotopic (exact) mass is 452 g/mol. The SMILES string of the molecule is CCc1cnc2c(c1OC)c(=O)n(CC(=O)Nc1ccc(OC(F)(F)F)cc1)c(=O)n2C. The van der Waals surface area contributed by atoms with E-state index in [1.54, 1.807) is 0 Å². The van der Waals surface area contributed by atoms with Crippen molar-refractivity contribution in [3.8, 4) is 11.5 Å². The number of benzene rings is 1. The molecule has 0 saturated heterocycles. The molecule has 9 nitrogen and oxygen atoms in total. The highest BCUT2D eigenvalue weighted by atomic mass is 19.4. The van der Waals surface area contributed by atoms with Gasteiger partial charge in [0.05, 0.1) is 7.11 Å². The van der Waals surface area contributed by atoms with Crippen LogP contribution in [0.15, 0.2) is 40.1 Å². The van der Waals surface area contributed by atoms with Crippen molar-refractivity contribution in [3.05, 3.63) is 56.9 Å². The largest absolute Gasteiger partial charge is 0.573 e. The number of ether oxygens (including phenoxy) is 2. The number of fused-ring (bicyclic) bond motifs is 1. The first-order valence-corrected chi connectivity index (χ1v) is 9.36. The summed E-state index contributed by atoms with van der Waals surface area (Å²) in [5.74, 6) is -0.916. The van der Waals surface area contributed by atoms with Crippen molar-refractivity contribution < 1.29 is 27.4 Å². The molecule has 0 radical (unpaired) electrons. The highest BCUT2D eigenvalue weighted by Gasteiger charge is 2.31. The highest BCUT2D eigenvalue weighted by molar-refractivity contribution is 5.91. The molecule has 1 aromatic carbocycles. The molecular weight excluding hydrogens is 433 g/mol. The zero-order chi connectivity index (χ0) is 23.6. The van der Waals surface area contributed by atoms with Gasteiger partial charge in [0.2, 0.25) is 5.91 Å². The van der Waals surface area contributed by atoms with Gasteiger partial charge in [0.15, 0.2) is 5.65 Å². The minimum absolute atomic E-state index is 0.0652. The summed E-state index contributed by atoms with van der Waals surface area (Å²) in [6, 6.07) is 4.43. The normalized spacial score (nSPS) is 11.4. The summed E-state index contributed by atoms with van der Waals surface area (Å²) in [7, 11) is 2.80. The molecule has 3 aromatic rings. The molecule has 0 spiro atoms. The number of halogens is 3. The highest BCUT2D eigenvalue weighted by Crippen LogP contribution is 2.25. The number of amides is 1. The molecule has 3 rings (SSSR count). The van der Waals surface area contributed by atoms with Crippen molar-refractivity contribution in [2.24, 2.45) is 7.05 Å². The van der Waals surface area contributed by atoms with Crippen molar-refractivity contribution in [3.63, 3.8) is 0 Å². The van der Waals surface area contributed by atoms with E-state index in [9.17, 15) is 27.6 Å². The van der Waals surface area contributed by atoms with E-state index in [2.05, 4.69) is 15.0 Å². The van der Waals surface area contributed by atoms with Crippen LogP contribution in [0.5, 0.6) is 11.5 Å². The van der Waals surface area contributed by atoms with Crippen LogP contribution < -0.4 is 26.0 Å². The molecule has 1 N–H and O–H groups in total. The van der Waals surface area contributed by atoms with E-state index in [1.165, 1.54) is 32.5 Å². The summed E-state index contributed by atoms with van der Waals surface area (Å²) in [6.45, 7) is 1.23. The van der Waals surface area contributed by atoms with E-state index >= 15 is 0 Å². The van der Waals surface area contributed by atoms with Crippen LogP contribution in [-0.4, -0.2) is 33.5 Å². The molecule has 2 heterocycles. The summed E-state index contributed by atoms with van der Waals surface area (Å²) < 4.78 is 47.7. The van der Waals surface area contributed by atoms with Crippen LogP contribution in [0.1, 0.15) is 12.5 Å². The molecule has 0 unspecified atom stereocenters. The zero-order valence-electron chi connectivity index (χ0n) is 17.3. The lowest BCUT2D eigenvalue weighted by molar-refractivity contribution is -0.274. The summed E-state index contributed by atoms with van der Waals surface area (Å²) in [6.07, 6.45) is -2.79. The van der Waals surface area contributed by atoms with Gasteiger partial charge in [0.1, 0.15) is 23.4 Å². The fourth-order valence-electron chi connectivity index (χ4n) is 3.17. The van der Waals surface area contributed by atoms with Gasteiger partial charge < -0.3 is 14.8 Å². The molecule has 1 amide bonds. The number of methoxy groups -OCH3 is 1. The molecule has 0 aliphatic carbocycles. The average molecular weight is 452 g/mol. The van der Waals surface area contributed by atoms with Crippen molar-refractivity contribution in [2.45, 2.75) is 26.3 Å². The number of hydrogen-bond donors (Lipinski definition) is 1. The van der Waals surface area contributed by atoms with Gasteiger partial charge in [-0.25, -0.2) is 14.3 Å². The Morgan fingerprint density at radius 1 is 1.19 bits per heavy atom. The Morgan fingerprint density at radius 3 is 2.41 bits per heavy atom. The number of carbonyl (C=O) groups excluding carboxylic acids is 1. The van der Waals surface area contributed by atoms with Gasteiger partial charge in [-0.15, -0.1) is 13.2 Å². The molecule has 12 heteroatoms. The van der Waals surface area contributed by atoms with Gasteiger partial charge in [-0.2, -0.15) is 0 Å². The van der Waals surface area contributed by atoms with E-state index in [1.807, 2.05) is 6.92 Å². The van der Waals surface area contributed by atoms with Gasteiger partial charge in [0, 0.05) is 24.5 Å². The zero-order valence-corrected chi connectivity index (χ0v) is 17.3. The van der Waals surface area contributed by atoms with Crippen molar-refractivity contribution >= 4 is 22.6 Å². The molecular formula is C20H19F3N4O5. The van der Waals surface area contributed by atoms with Gasteiger partial charge in [-0.05, 0) is 30.7 Å². The first-order chi connectivity index (χ1) is 15.1. The Bertz CT molecular complexity index is 1280. The third-order valence-corrected chi connectivity index (χ3v) is 4.64. The quantitative estimate of drug-likeness (QED) is 0.615. The molecule has 2 aromatic heterocycles. The Hall–Kier alpha value is -3.83. The minimum Gasteiger partial charge on any atom is -0.495 e. The van der Waals surface area contributed by atoms with Crippen LogP contribution in [-0.2, 0) is 24.8 Å². The van der Waals surface area contributed by atoms with E-state index in [4.69, 9.17) is 4.74 Å². The van der Waals surface area contributed by atoms with Crippen molar-refractivity contribution in [1.29, 1.82) is 0 Å². The van der Waals surface area contributed by atoms with Crippen molar-refractivity contribution in [2.75, 3.05) is 12.4 Å². The Morgan fingerprint density at radius 2 is 1.84 bits per heavy atom. The van der Waals surface area contributed by atoms with E-state index in [0.29, 0.717) is 12.0 Å². The molecule has 0 aliphatic heterocycles. The van der Waals surface area contributed by atoms with E-state index in [0.717, 1.165) is 21.3 Å². The number of aryl methyl sites for hydroxylation is 2. The number of carbonyl (C=O) groups is 1. The number of pyridine rings is 1. The Balaban J connectivity index is 1.92. The number of nitrogens with one attached hydrogen (secondary N) is 1. The lowest BCUT2D eigenvalue weighted by Gasteiger charge is -2.14. The predicted molar refractivity (Wildman–Crippen MR) is 109 cm³/mol. The topological polar surface area (TPSA) is 104 Å². The van der Waals surface area contributed by atoms with Crippen LogP contribution in [0.25, 0.3) is 11.0 Å². The first kappa shape index (κ1) is 22.8. The minimum atomic E-state index is -4.84. The molecule has 0 fully saturated rings. The summed E-state index contributed by atoms with van der Waals surface area (Å²) in [4.78, 5) is 42.3. The maximum absolute atomic E-state index is 13.0. The molecule has 0 saturated carbocycles. The molecule has 0 bridgehead atoms. The smallest absolute Gasteiger partial charge is 0.495 e. The standard InChI is InChI=1S/C20H19F3N4O5/c1-4-11-9-24-17-15(16(11)31-3)18(29)27(19(30)26(17)2)10-14(28)25-12-5-7-13(8-6-12)32-20(21,22)23/h5-9H,4,10H2,1-3H3,(H,25,28). The number of hydrogen-bond acceptors (Lipinski definition) is 6. The van der Waals surface area contributed by atoms with Gasteiger partial charge in [-0.3, -0.25) is 14.2 Å². The maximum atomic E-state index is 13.0. The second-order valence-corrected chi connectivity index (χ2v) is 6.72. The van der Waals surface area contributed by atoms with E-state index in [-0.39, 0.29) is 22.5 Å². The predicted octanol–water partition coefficient (Wildman–Crippen LogP) is 2.20. The molecule has 32 heavy (non-hydrogen) atoms. The Labute approximate surface area is 179 Å². The summed E-state index contributed by atoms with van der Waals surface area (Å²) in [5, 5.41) is 2.49. The van der Waals surface area contributed by atoms with Gasteiger partial charge in [0.25, 0.3) is 5.56 Å². The summed E-state index contributed by atoms with van der Waals surface area (Å²) >= 11 is 0. The second-order valence-electron chi connectivity index (χ2n) is 6.72. The van der Waals surface area contributed by atoms with Crippen LogP contribution in [0, 0.1) is 0 Å². The van der Waals surface area contributed by atoms with Gasteiger partial charge in [-0.1, -0.05) is 6.92 Å². The third kappa shape index (κ3) is 4.58. The first-order valence-electron chi connectivity index (χ1n) is 9.36. The van der Waals surface area contributed by atoms with Crippen LogP contribution in [0.3, 0.4) is 0 Å². The fourth-order valence-corrected chi connectivity index (χ4v) is 3.17. The maximum Gasteiger partial charge on any atom is 0.573 e. The number of anilines is 1. The lowest BCUT2D eigenvalue weighted by Crippen LogP contribution is -2.42. The third-order valence-electron chi connectivity index (χ3n) is 4.64. The second kappa shape index (κ2) is 8.73.